The van der Waals surface area contributed by atoms with Crippen LogP contribution < -0.4 is 0 Å². The van der Waals surface area contributed by atoms with Crippen molar-refractivity contribution in [3.8, 4) is 0 Å². The van der Waals surface area contributed by atoms with E-state index in [0.29, 0.717) is 12.2 Å². The van der Waals surface area contributed by atoms with Gasteiger partial charge in [-0.2, -0.15) is 0 Å². The van der Waals surface area contributed by atoms with Crippen LogP contribution >= 0.6 is 11.3 Å². The Bertz CT molecular complexity index is 217. The Labute approximate surface area is 71.0 Å². The van der Waals surface area contributed by atoms with E-state index < -0.39 is 0 Å². The summed E-state index contributed by atoms with van der Waals surface area (Å²) in [6.07, 6.45) is 3.46. The van der Waals surface area contributed by atoms with Gasteiger partial charge in [-0.1, -0.05) is 6.07 Å². The Morgan fingerprint density at radius 1 is 1.64 bits per heavy atom. The molecule has 2 unspecified atom stereocenters. The van der Waals surface area contributed by atoms with E-state index in [1.807, 2.05) is 11.3 Å². The van der Waals surface area contributed by atoms with Crippen molar-refractivity contribution in [2.45, 2.75) is 32.0 Å². The Kier molecular flexibility index (Phi) is 1.96. The van der Waals surface area contributed by atoms with Gasteiger partial charge in [0.2, 0.25) is 0 Å². The first-order valence-electron chi connectivity index (χ1n) is 4.04. The van der Waals surface area contributed by atoms with E-state index in [0.717, 1.165) is 0 Å². The van der Waals surface area contributed by atoms with Gasteiger partial charge in [-0.05, 0) is 31.2 Å². The number of hydrogen-bond donors (Lipinski definition) is 0. The second kappa shape index (κ2) is 2.95. The first-order valence-corrected chi connectivity index (χ1v) is 4.92. The van der Waals surface area contributed by atoms with Gasteiger partial charge >= 0.3 is 0 Å². The molecule has 2 heteroatoms. The summed E-state index contributed by atoms with van der Waals surface area (Å²) in [4.78, 5) is 1.48. The highest BCUT2D eigenvalue weighted by atomic mass is 32.1. The average molecular weight is 168 g/mol. The van der Waals surface area contributed by atoms with E-state index in [9.17, 15) is 0 Å². The lowest BCUT2D eigenvalue weighted by atomic mass is 10.2. The Morgan fingerprint density at radius 2 is 2.45 bits per heavy atom. The Hall–Kier alpha value is -0.340. The van der Waals surface area contributed by atoms with Crippen LogP contribution in [0.4, 0.5) is 0 Å². The number of thiophene rings is 1. The summed E-state index contributed by atoms with van der Waals surface area (Å²) >= 11 is 1.84. The molecule has 11 heavy (non-hydrogen) atoms. The lowest BCUT2D eigenvalue weighted by Crippen LogP contribution is -1.91. The Morgan fingerprint density at radius 3 is 3.00 bits per heavy atom. The quantitative estimate of drug-likeness (QED) is 0.632. The first kappa shape index (κ1) is 7.32. The van der Waals surface area contributed by atoms with Crippen LogP contribution in [0, 0.1) is 0 Å². The normalized spacial score (nSPS) is 28.8. The molecule has 0 amide bonds. The fourth-order valence-electron chi connectivity index (χ4n) is 1.27. The fraction of sp³-hybridized carbons (Fsp3) is 0.556. The van der Waals surface area contributed by atoms with Gasteiger partial charge in [0.25, 0.3) is 0 Å². The number of aryl methyl sites for hydroxylation is 1. The first-order chi connectivity index (χ1) is 5.36. The van der Waals surface area contributed by atoms with E-state index in [2.05, 4.69) is 24.4 Å². The van der Waals surface area contributed by atoms with Crippen molar-refractivity contribution >= 4 is 11.3 Å². The van der Waals surface area contributed by atoms with Gasteiger partial charge in [0.05, 0.1) is 12.2 Å². The standard InChI is InChI=1S/C9H12OS/c1-7-9(10-7)5-4-8-3-2-6-11-8/h2-3,6-7,9H,4-5H2,1H3. The minimum atomic E-state index is 0.523. The van der Waals surface area contributed by atoms with Crippen LogP contribution in [0.2, 0.25) is 0 Å². The molecule has 1 saturated heterocycles. The second-order valence-electron chi connectivity index (χ2n) is 3.00. The topological polar surface area (TPSA) is 12.5 Å². The van der Waals surface area contributed by atoms with Crippen LogP contribution in [0.15, 0.2) is 17.5 Å². The van der Waals surface area contributed by atoms with Crippen molar-refractivity contribution in [1.29, 1.82) is 0 Å². The van der Waals surface area contributed by atoms with Gasteiger partial charge < -0.3 is 4.74 Å². The molecule has 2 rings (SSSR count). The molecule has 1 aromatic rings. The van der Waals surface area contributed by atoms with Crippen molar-refractivity contribution in [3.05, 3.63) is 22.4 Å². The maximum atomic E-state index is 5.32. The van der Waals surface area contributed by atoms with Gasteiger partial charge in [0.15, 0.2) is 0 Å². The summed E-state index contributed by atoms with van der Waals surface area (Å²) in [7, 11) is 0. The molecule has 0 spiro atoms. The molecule has 60 valence electrons. The number of epoxide rings is 1. The summed E-state index contributed by atoms with van der Waals surface area (Å²) in [6.45, 7) is 2.14. The predicted octanol–water partition coefficient (Wildman–Crippen LogP) is 2.47. The zero-order valence-electron chi connectivity index (χ0n) is 6.62. The molecule has 2 heterocycles. The molecule has 0 N–H and O–H groups in total. The molecule has 1 aromatic heterocycles. The van der Waals surface area contributed by atoms with Crippen LogP contribution in [-0.2, 0) is 11.2 Å². The summed E-state index contributed by atoms with van der Waals surface area (Å²) < 4.78 is 5.32. The number of hydrogen-bond acceptors (Lipinski definition) is 2. The smallest absolute Gasteiger partial charge is 0.0842 e. The molecule has 0 saturated carbocycles. The highest BCUT2D eigenvalue weighted by Gasteiger charge is 2.33. The van der Waals surface area contributed by atoms with Crippen LogP contribution in [0.3, 0.4) is 0 Å². The average Bonchev–Trinajstić information content (AvgIpc) is 2.55. The largest absolute Gasteiger partial charge is 0.370 e. The lowest BCUT2D eigenvalue weighted by molar-refractivity contribution is 0.371. The van der Waals surface area contributed by atoms with Crippen molar-refractivity contribution < 1.29 is 4.74 Å². The summed E-state index contributed by atoms with van der Waals surface area (Å²) in [6, 6.07) is 4.30. The van der Waals surface area contributed by atoms with Crippen molar-refractivity contribution in [1.82, 2.24) is 0 Å². The van der Waals surface area contributed by atoms with Crippen molar-refractivity contribution in [2.75, 3.05) is 0 Å². The highest BCUT2D eigenvalue weighted by Crippen LogP contribution is 2.26. The minimum Gasteiger partial charge on any atom is -0.370 e. The molecule has 0 bridgehead atoms. The SMILES string of the molecule is CC1OC1CCc1cccs1. The van der Waals surface area contributed by atoms with Crippen LogP contribution in [0.5, 0.6) is 0 Å². The predicted molar refractivity (Wildman–Crippen MR) is 47.0 cm³/mol. The molecule has 1 fully saturated rings. The highest BCUT2D eigenvalue weighted by molar-refractivity contribution is 7.09. The number of rotatable bonds is 3. The zero-order valence-corrected chi connectivity index (χ0v) is 7.43. The van der Waals surface area contributed by atoms with E-state index in [4.69, 9.17) is 4.74 Å². The van der Waals surface area contributed by atoms with Crippen LogP contribution in [0.1, 0.15) is 18.2 Å². The molecular formula is C9H12OS. The third-order valence-electron chi connectivity index (χ3n) is 2.09. The molecule has 0 radical (unpaired) electrons. The van der Waals surface area contributed by atoms with Gasteiger partial charge in [0, 0.05) is 4.88 Å². The molecular weight excluding hydrogens is 156 g/mol. The van der Waals surface area contributed by atoms with Gasteiger partial charge in [-0.25, -0.2) is 0 Å². The molecule has 1 aliphatic heterocycles. The number of ether oxygens (including phenoxy) is 1. The van der Waals surface area contributed by atoms with Gasteiger partial charge in [0.1, 0.15) is 0 Å². The molecule has 0 aromatic carbocycles. The van der Waals surface area contributed by atoms with Gasteiger partial charge in [-0.15, -0.1) is 11.3 Å². The third-order valence-corrected chi connectivity index (χ3v) is 3.03. The summed E-state index contributed by atoms with van der Waals surface area (Å²) in [5, 5.41) is 2.13. The van der Waals surface area contributed by atoms with E-state index in [1.54, 1.807) is 0 Å². The molecule has 1 aliphatic rings. The fourth-order valence-corrected chi connectivity index (χ4v) is 2.00. The van der Waals surface area contributed by atoms with Gasteiger partial charge in [-0.3, -0.25) is 0 Å². The van der Waals surface area contributed by atoms with E-state index in [1.165, 1.54) is 17.7 Å². The van der Waals surface area contributed by atoms with E-state index in [-0.39, 0.29) is 0 Å². The zero-order chi connectivity index (χ0) is 7.68. The van der Waals surface area contributed by atoms with E-state index >= 15 is 0 Å². The second-order valence-corrected chi connectivity index (χ2v) is 4.03. The maximum Gasteiger partial charge on any atom is 0.0842 e. The Balaban J connectivity index is 1.75. The van der Waals surface area contributed by atoms with Crippen LogP contribution in [0.25, 0.3) is 0 Å². The molecule has 0 aliphatic carbocycles. The summed E-state index contributed by atoms with van der Waals surface area (Å²) in [5.41, 5.74) is 0. The molecule has 2 atom stereocenters. The maximum absolute atomic E-state index is 5.32. The lowest BCUT2D eigenvalue weighted by Gasteiger charge is -1.91. The minimum absolute atomic E-state index is 0.523. The molecule has 1 nitrogen and oxygen atoms in total. The van der Waals surface area contributed by atoms with Crippen molar-refractivity contribution in [2.24, 2.45) is 0 Å². The monoisotopic (exact) mass is 168 g/mol. The summed E-state index contributed by atoms with van der Waals surface area (Å²) in [5.74, 6) is 0. The van der Waals surface area contributed by atoms with Crippen LogP contribution in [-0.4, -0.2) is 12.2 Å². The third kappa shape index (κ3) is 1.82. The van der Waals surface area contributed by atoms with Crippen molar-refractivity contribution in [3.63, 3.8) is 0 Å².